The van der Waals surface area contributed by atoms with Crippen molar-refractivity contribution in [2.45, 2.75) is 13.0 Å². The molecule has 2 rings (SSSR count). The summed E-state index contributed by atoms with van der Waals surface area (Å²) in [6.07, 6.45) is -0.607. The second kappa shape index (κ2) is 6.72. The molecule has 0 spiro atoms. The van der Waals surface area contributed by atoms with E-state index in [1.165, 1.54) is 0 Å². The van der Waals surface area contributed by atoms with Gasteiger partial charge in [-0.15, -0.1) is 0 Å². The third-order valence-electron chi connectivity index (χ3n) is 3.58. The van der Waals surface area contributed by atoms with Crippen molar-refractivity contribution in [1.82, 2.24) is 9.80 Å². The van der Waals surface area contributed by atoms with Crippen LogP contribution in [0.5, 0.6) is 5.75 Å². The normalized spacial score (nSPS) is 17.9. The quantitative estimate of drug-likeness (QED) is 0.889. The van der Waals surface area contributed by atoms with Crippen molar-refractivity contribution in [2.24, 2.45) is 0 Å². The lowest BCUT2D eigenvalue weighted by atomic mass is 10.1. The van der Waals surface area contributed by atoms with Crippen molar-refractivity contribution in [1.29, 1.82) is 0 Å². The van der Waals surface area contributed by atoms with Gasteiger partial charge in [-0.3, -0.25) is 4.79 Å². The molecule has 0 aliphatic carbocycles. The molecule has 0 radical (unpaired) electrons. The Labute approximate surface area is 119 Å². The van der Waals surface area contributed by atoms with Crippen molar-refractivity contribution in [3.63, 3.8) is 0 Å². The van der Waals surface area contributed by atoms with E-state index < -0.39 is 6.10 Å². The van der Waals surface area contributed by atoms with E-state index in [0.29, 0.717) is 11.3 Å². The second-order valence-electron chi connectivity index (χ2n) is 5.19. The highest BCUT2D eigenvalue weighted by Gasteiger charge is 2.19. The van der Waals surface area contributed by atoms with Gasteiger partial charge in [-0.2, -0.15) is 0 Å². The van der Waals surface area contributed by atoms with E-state index in [2.05, 4.69) is 11.9 Å². The minimum absolute atomic E-state index is 0.00139. The molecule has 0 aromatic heterocycles. The van der Waals surface area contributed by atoms with Gasteiger partial charge in [-0.1, -0.05) is 18.2 Å². The number of aliphatic hydroxyl groups excluding tert-OH is 1. The number of hydrogen-bond donors (Lipinski definition) is 1. The second-order valence-corrected chi connectivity index (χ2v) is 5.19. The molecule has 1 aliphatic rings. The van der Waals surface area contributed by atoms with E-state index in [9.17, 15) is 9.90 Å². The van der Waals surface area contributed by atoms with Gasteiger partial charge in [-0.05, 0) is 20.0 Å². The first kappa shape index (κ1) is 14.8. The molecule has 1 atom stereocenters. The number of carbonyl (C=O) groups is 1. The van der Waals surface area contributed by atoms with Crippen LogP contribution in [0.25, 0.3) is 0 Å². The number of piperazine rings is 1. The van der Waals surface area contributed by atoms with Gasteiger partial charge in [-0.25, -0.2) is 0 Å². The SMILES string of the molecule is CC(O)c1ccccc1OCC(=O)N1CCN(C)CC1. The summed E-state index contributed by atoms with van der Waals surface area (Å²) in [6, 6.07) is 7.26. The van der Waals surface area contributed by atoms with Crippen LogP contribution in [0.1, 0.15) is 18.6 Å². The van der Waals surface area contributed by atoms with Crippen LogP contribution < -0.4 is 4.74 Å². The zero-order valence-electron chi connectivity index (χ0n) is 12.1. The molecule has 1 saturated heterocycles. The molecule has 1 fully saturated rings. The molecule has 5 nitrogen and oxygen atoms in total. The van der Waals surface area contributed by atoms with E-state index in [-0.39, 0.29) is 12.5 Å². The highest BCUT2D eigenvalue weighted by atomic mass is 16.5. The minimum Gasteiger partial charge on any atom is -0.483 e. The van der Waals surface area contributed by atoms with Crippen molar-refractivity contribution in [3.05, 3.63) is 29.8 Å². The van der Waals surface area contributed by atoms with E-state index in [1.807, 2.05) is 17.0 Å². The van der Waals surface area contributed by atoms with Crippen LogP contribution in [0.15, 0.2) is 24.3 Å². The van der Waals surface area contributed by atoms with Crippen LogP contribution in [0.2, 0.25) is 0 Å². The first-order valence-corrected chi connectivity index (χ1v) is 6.94. The zero-order valence-corrected chi connectivity index (χ0v) is 12.1. The van der Waals surface area contributed by atoms with Crippen LogP contribution >= 0.6 is 0 Å². The Bertz CT molecular complexity index is 454. The summed E-state index contributed by atoms with van der Waals surface area (Å²) in [6.45, 7) is 5.00. The smallest absolute Gasteiger partial charge is 0.260 e. The lowest BCUT2D eigenvalue weighted by Crippen LogP contribution is -2.48. The van der Waals surface area contributed by atoms with Gasteiger partial charge in [0.2, 0.25) is 0 Å². The standard InChI is InChI=1S/C15H22N2O3/c1-12(18)13-5-3-4-6-14(13)20-11-15(19)17-9-7-16(2)8-10-17/h3-6,12,18H,7-11H2,1-2H3. The Morgan fingerprint density at radius 3 is 2.60 bits per heavy atom. The van der Waals surface area contributed by atoms with Crippen molar-refractivity contribution < 1.29 is 14.6 Å². The van der Waals surface area contributed by atoms with Gasteiger partial charge in [0.05, 0.1) is 6.10 Å². The monoisotopic (exact) mass is 278 g/mol. The average Bonchev–Trinajstić information content (AvgIpc) is 2.45. The number of likely N-dealkylation sites (N-methyl/N-ethyl adjacent to an activating group) is 1. The molecule has 20 heavy (non-hydrogen) atoms. The first-order chi connectivity index (χ1) is 9.58. The van der Waals surface area contributed by atoms with Gasteiger partial charge in [0, 0.05) is 31.7 Å². The number of nitrogens with zero attached hydrogens (tertiary/aromatic N) is 2. The fraction of sp³-hybridized carbons (Fsp3) is 0.533. The molecule has 1 aromatic carbocycles. The summed E-state index contributed by atoms with van der Waals surface area (Å²) in [4.78, 5) is 16.1. The molecule has 0 saturated carbocycles. The van der Waals surface area contributed by atoms with Gasteiger partial charge >= 0.3 is 0 Å². The number of amides is 1. The minimum atomic E-state index is -0.607. The molecule has 1 aromatic rings. The molecule has 1 aliphatic heterocycles. The van der Waals surface area contributed by atoms with Crippen LogP contribution in [0, 0.1) is 0 Å². The number of ether oxygens (including phenoxy) is 1. The zero-order chi connectivity index (χ0) is 14.5. The third-order valence-corrected chi connectivity index (χ3v) is 3.58. The van der Waals surface area contributed by atoms with Gasteiger partial charge in [0.25, 0.3) is 5.91 Å². The van der Waals surface area contributed by atoms with E-state index in [1.54, 1.807) is 19.1 Å². The van der Waals surface area contributed by atoms with E-state index in [4.69, 9.17) is 4.74 Å². The van der Waals surface area contributed by atoms with Crippen LogP contribution in [-0.2, 0) is 4.79 Å². The summed E-state index contributed by atoms with van der Waals surface area (Å²) >= 11 is 0. The average molecular weight is 278 g/mol. The first-order valence-electron chi connectivity index (χ1n) is 6.94. The molecule has 1 amide bonds. The van der Waals surface area contributed by atoms with Crippen LogP contribution in [0.3, 0.4) is 0 Å². The number of carbonyl (C=O) groups excluding carboxylic acids is 1. The topological polar surface area (TPSA) is 53.0 Å². The van der Waals surface area contributed by atoms with Crippen molar-refractivity contribution in [2.75, 3.05) is 39.8 Å². The molecule has 5 heteroatoms. The fourth-order valence-corrected chi connectivity index (χ4v) is 2.24. The maximum Gasteiger partial charge on any atom is 0.260 e. The summed E-state index contributed by atoms with van der Waals surface area (Å²) in [5.41, 5.74) is 0.707. The third kappa shape index (κ3) is 3.71. The number of para-hydroxylation sites is 1. The van der Waals surface area contributed by atoms with Crippen molar-refractivity contribution in [3.8, 4) is 5.75 Å². The maximum atomic E-state index is 12.1. The summed E-state index contributed by atoms with van der Waals surface area (Å²) < 4.78 is 5.58. The summed E-state index contributed by atoms with van der Waals surface area (Å²) in [7, 11) is 2.05. The Balaban J connectivity index is 1.90. The van der Waals surface area contributed by atoms with Crippen molar-refractivity contribution >= 4 is 5.91 Å². The lowest BCUT2D eigenvalue weighted by Gasteiger charge is -2.32. The molecular formula is C15H22N2O3. The molecular weight excluding hydrogens is 256 g/mol. The van der Waals surface area contributed by atoms with Gasteiger partial charge in [0.1, 0.15) is 5.75 Å². The van der Waals surface area contributed by atoms with E-state index in [0.717, 1.165) is 26.2 Å². The highest BCUT2D eigenvalue weighted by Crippen LogP contribution is 2.24. The molecule has 1 heterocycles. The molecule has 0 bridgehead atoms. The number of hydrogen-bond acceptors (Lipinski definition) is 4. The van der Waals surface area contributed by atoms with Gasteiger partial charge < -0.3 is 19.6 Å². The predicted octanol–water partition coefficient (Wildman–Crippen LogP) is 0.893. The van der Waals surface area contributed by atoms with E-state index >= 15 is 0 Å². The predicted molar refractivity (Wildman–Crippen MR) is 76.6 cm³/mol. The summed E-state index contributed by atoms with van der Waals surface area (Å²) in [5, 5.41) is 9.67. The number of aliphatic hydroxyl groups is 1. The van der Waals surface area contributed by atoms with Crippen LogP contribution in [-0.4, -0.2) is 60.6 Å². The fourth-order valence-electron chi connectivity index (χ4n) is 2.24. The Kier molecular flexibility index (Phi) is 4.98. The molecule has 1 N–H and O–H groups in total. The van der Waals surface area contributed by atoms with Crippen LogP contribution in [0.4, 0.5) is 0 Å². The highest BCUT2D eigenvalue weighted by molar-refractivity contribution is 5.78. The molecule has 1 unspecified atom stereocenters. The molecule has 110 valence electrons. The number of rotatable bonds is 4. The maximum absolute atomic E-state index is 12.1. The lowest BCUT2D eigenvalue weighted by molar-refractivity contribution is -0.134. The summed E-state index contributed by atoms with van der Waals surface area (Å²) in [5.74, 6) is 0.573. The van der Waals surface area contributed by atoms with Gasteiger partial charge in [0.15, 0.2) is 6.61 Å². The Morgan fingerprint density at radius 2 is 1.95 bits per heavy atom. The number of benzene rings is 1. The Hall–Kier alpha value is -1.59. The largest absolute Gasteiger partial charge is 0.483 e. The Morgan fingerprint density at radius 1 is 1.30 bits per heavy atom.